The highest BCUT2D eigenvalue weighted by Gasteiger charge is 2.24. The Kier molecular flexibility index (Phi) is 10.3. The normalized spacial score (nSPS) is 13.7. The molecule has 0 radical (unpaired) electrons. The number of nitriles is 1. The van der Waals surface area contributed by atoms with Crippen molar-refractivity contribution in [1.29, 1.82) is 5.26 Å². The number of benzene rings is 2. The number of aliphatic carboxylic acids is 1. The van der Waals surface area contributed by atoms with E-state index in [1.54, 1.807) is 72.6 Å². The zero-order valence-corrected chi connectivity index (χ0v) is 23.7. The average Bonchev–Trinajstić information content (AvgIpc) is 3.27. The van der Waals surface area contributed by atoms with Crippen LogP contribution in [0.2, 0.25) is 0 Å². The van der Waals surface area contributed by atoms with E-state index in [1.165, 1.54) is 6.20 Å². The van der Waals surface area contributed by atoms with Crippen LogP contribution in [0.5, 0.6) is 0 Å². The zero-order valence-electron chi connectivity index (χ0n) is 23.7. The zero-order chi connectivity index (χ0) is 30.8. The first-order chi connectivity index (χ1) is 20.8. The van der Waals surface area contributed by atoms with Crippen LogP contribution in [-0.4, -0.2) is 71.5 Å². The standard InChI is InChI=1S/C31H33N7O5/c1-2-34-31(43)36-26-17-23(29(41)35-25(18-28(39)40)24-5-3-12-33-20-24)10-11-27(26)37-13-4-14-38(16-15-37)30(42)22-8-6-21(19-32)7-9-22/h3,5-12,17,20,25H,2,4,13-16,18H2,1H3,(H,35,41)(H,39,40)(H2,34,36,43). The second-order valence-corrected chi connectivity index (χ2v) is 9.95. The number of hydrogen-bond acceptors (Lipinski definition) is 7. The number of pyridine rings is 1. The summed E-state index contributed by atoms with van der Waals surface area (Å²) in [7, 11) is 0. The molecule has 3 aromatic rings. The molecule has 1 atom stereocenters. The highest BCUT2D eigenvalue weighted by atomic mass is 16.4. The highest BCUT2D eigenvalue weighted by molar-refractivity contribution is 6.00. The van der Waals surface area contributed by atoms with E-state index in [-0.39, 0.29) is 17.9 Å². The molecule has 12 heteroatoms. The van der Waals surface area contributed by atoms with E-state index in [1.807, 2.05) is 0 Å². The quantitative estimate of drug-likeness (QED) is 0.297. The van der Waals surface area contributed by atoms with Gasteiger partial charge in [0.05, 0.1) is 35.5 Å². The summed E-state index contributed by atoms with van der Waals surface area (Å²) in [4.78, 5) is 58.3. The highest BCUT2D eigenvalue weighted by Crippen LogP contribution is 2.29. The molecule has 0 saturated carbocycles. The third-order valence-corrected chi connectivity index (χ3v) is 7.00. The number of urea groups is 1. The van der Waals surface area contributed by atoms with E-state index < -0.39 is 23.9 Å². The molecule has 1 saturated heterocycles. The van der Waals surface area contributed by atoms with Gasteiger partial charge in [0.1, 0.15) is 0 Å². The molecule has 0 aliphatic carbocycles. The first kappa shape index (κ1) is 30.5. The fourth-order valence-corrected chi connectivity index (χ4v) is 4.86. The number of amides is 4. The van der Waals surface area contributed by atoms with Crippen molar-refractivity contribution in [3.05, 3.63) is 89.2 Å². The number of carboxylic acids is 1. The summed E-state index contributed by atoms with van der Waals surface area (Å²) >= 11 is 0. The van der Waals surface area contributed by atoms with Crippen molar-refractivity contribution in [2.75, 3.05) is 42.9 Å². The molecule has 0 bridgehead atoms. The lowest BCUT2D eigenvalue weighted by molar-refractivity contribution is -0.137. The molecule has 1 aliphatic rings. The van der Waals surface area contributed by atoms with Crippen LogP contribution in [0.25, 0.3) is 0 Å². The van der Waals surface area contributed by atoms with Crippen LogP contribution in [0.15, 0.2) is 67.0 Å². The Hall–Kier alpha value is -5.44. The van der Waals surface area contributed by atoms with Crippen molar-refractivity contribution in [2.45, 2.75) is 25.8 Å². The van der Waals surface area contributed by atoms with E-state index in [4.69, 9.17) is 5.26 Å². The van der Waals surface area contributed by atoms with Gasteiger partial charge in [0.25, 0.3) is 11.8 Å². The molecule has 1 fully saturated rings. The molecule has 4 N–H and O–H groups in total. The fourth-order valence-electron chi connectivity index (χ4n) is 4.86. The van der Waals surface area contributed by atoms with Crippen molar-refractivity contribution in [3.63, 3.8) is 0 Å². The second kappa shape index (κ2) is 14.5. The van der Waals surface area contributed by atoms with Crippen LogP contribution < -0.4 is 20.9 Å². The average molecular weight is 584 g/mol. The molecule has 0 spiro atoms. The lowest BCUT2D eigenvalue weighted by Crippen LogP contribution is -2.36. The van der Waals surface area contributed by atoms with Crippen molar-refractivity contribution in [2.24, 2.45) is 0 Å². The van der Waals surface area contributed by atoms with Crippen LogP contribution in [-0.2, 0) is 4.79 Å². The lowest BCUT2D eigenvalue weighted by atomic mass is 10.0. The fraction of sp³-hybridized carbons (Fsp3) is 0.290. The maximum absolute atomic E-state index is 13.3. The molecular formula is C31H33N7O5. The van der Waals surface area contributed by atoms with Gasteiger partial charge in [-0.25, -0.2) is 4.79 Å². The van der Waals surface area contributed by atoms with Crippen LogP contribution in [0.1, 0.15) is 57.7 Å². The van der Waals surface area contributed by atoms with Gasteiger partial charge in [0.15, 0.2) is 0 Å². The Morgan fingerprint density at radius 3 is 2.47 bits per heavy atom. The molecule has 43 heavy (non-hydrogen) atoms. The minimum atomic E-state index is -1.07. The van der Waals surface area contributed by atoms with E-state index in [0.29, 0.717) is 67.2 Å². The molecule has 1 unspecified atom stereocenters. The first-order valence-electron chi connectivity index (χ1n) is 13.9. The monoisotopic (exact) mass is 583 g/mol. The minimum absolute atomic E-state index is 0.122. The Bertz CT molecular complexity index is 1510. The number of anilines is 2. The molecule has 1 aromatic heterocycles. The molecule has 4 rings (SSSR count). The Morgan fingerprint density at radius 1 is 1.02 bits per heavy atom. The topological polar surface area (TPSA) is 168 Å². The van der Waals surface area contributed by atoms with Gasteiger partial charge in [-0.15, -0.1) is 0 Å². The van der Waals surface area contributed by atoms with Crippen LogP contribution >= 0.6 is 0 Å². The third kappa shape index (κ3) is 8.07. The molecule has 1 aliphatic heterocycles. The van der Waals surface area contributed by atoms with E-state index in [2.05, 4.69) is 31.9 Å². The maximum Gasteiger partial charge on any atom is 0.319 e. The Labute approximate surface area is 249 Å². The molecule has 12 nitrogen and oxygen atoms in total. The number of nitrogens with zero attached hydrogens (tertiary/aromatic N) is 4. The molecular weight excluding hydrogens is 550 g/mol. The van der Waals surface area contributed by atoms with E-state index in [9.17, 15) is 24.3 Å². The van der Waals surface area contributed by atoms with E-state index >= 15 is 0 Å². The Balaban J connectivity index is 1.54. The summed E-state index contributed by atoms with van der Waals surface area (Å²) in [6.07, 6.45) is 3.41. The SMILES string of the molecule is CCNC(=O)Nc1cc(C(=O)NC(CC(=O)O)c2cccnc2)ccc1N1CCCN(C(=O)c2ccc(C#N)cc2)CC1. The largest absolute Gasteiger partial charge is 0.481 e. The van der Waals surface area contributed by atoms with Crippen molar-refractivity contribution >= 4 is 35.2 Å². The van der Waals surface area contributed by atoms with Crippen LogP contribution in [0.4, 0.5) is 16.2 Å². The van der Waals surface area contributed by atoms with Gasteiger partial charge in [-0.1, -0.05) is 6.07 Å². The predicted molar refractivity (Wildman–Crippen MR) is 160 cm³/mol. The van der Waals surface area contributed by atoms with Gasteiger partial charge in [-0.05, 0) is 67.4 Å². The van der Waals surface area contributed by atoms with Gasteiger partial charge in [0, 0.05) is 56.2 Å². The smallest absolute Gasteiger partial charge is 0.319 e. The Morgan fingerprint density at radius 2 is 1.79 bits per heavy atom. The summed E-state index contributed by atoms with van der Waals surface area (Å²) < 4.78 is 0. The summed E-state index contributed by atoms with van der Waals surface area (Å²) in [6, 6.07) is 15.6. The molecule has 2 aromatic carbocycles. The van der Waals surface area contributed by atoms with Gasteiger partial charge in [0.2, 0.25) is 0 Å². The number of nitrogens with one attached hydrogen (secondary N) is 3. The van der Waals surface area contributed by atoms with Crippen molar-refractivity contribution in [1.82, 2.24) is 20.5 Å². The van der Waals surface area contributed by atoms with Crippen LogP contribution in [0, 0.1) is 11.3 Å². The number of rotatable bonds is 9. The van der Waals surface area contributed by atoms with Gasteiger partial charge >= 0.3 is 12.0 Å². The lowest BCUT2D eigenvalue weighted by Gasteiger charge is -2.27. The number of aromatic nitrogens is 1. The molecule has 222 valence electrons. The summed E-state index contributed by atoms with van der Waals surface area (Å²) in [5.74, 6) is -1.70. The van der Waals surface area contributed by atoms with Gasteiger partial charge in [-0.3, -0.25) is 19.4 Å². The maximum atomic E-state index is 13.3. The van der Waals surface area contributed by atoms with Gasteiger partial charge in [-0.2, -0.15) is 5.26 Å². The number of carboxylic acid groups (broad SMARTS) is 1. The summed E-state index contributed by atoms with van der Waals surface area (Å²) in [5, 5.41) is 26.7. The summed E-state index contributed by atoms with van der Waals surface area (Å²) in [6.45, 7) is 4.25. The first-order valence-corrected chi connectivity index (χ1v) is 13.9. The summed E-state index contributed by atoms with van der Waals surface area (Å²) in [5.41, 5.74) is 2.88. The van der Waals surface area contributed by atoms with Crippen molar-refractivity contribution in [3.8, 4) is 6.07 Å². The number of carbonyl (C=O) groups is 4. The second-order valence-electron chi connectivity index (χ2n) is 9.95. The van der Waals surface area contributed by atoms with Crippen molar-refractivity contribution < 1.29 is 24.3 Å². The molecule has 4 amide bonds. The van der Waals surface area contributed by atoms with Crippen LogP contribution in [0.3, 0.4) is 0 Å². The predicted octanol–water partition coefficient (Wildman–Crippen LogP) is 3.39. The van der Waals surface area contributed by atoms with E-state index in [0.717, 1.165) is 0 Å². The number of carbonyl (C=O) groups excluding carboxylic acids is 3. The van der Waals surface area contributed by atoms with Gasteiger partial charge < -0.3 is 30.9 Å². The molecule has 2 heterocycles. The number of hydrogen-bond donors (Lipinski definition) is 4. The minimum Gasteiger partial charge on any atom is -0.481 e. The third-order valence-electron chi connectivity index (χ3n) is 7.00.